The molecule has 2 aliphatic rings. The minimum absolute atomic E-state index is 0.117. The van der Waals surface area contributed by atoms with Crippen molar-refractivity contribution in [2.24, 2.45) is 0 Å². The Kier molecular flexibility index (Phi) is 8.01. The number of carbonyl (C=O) groups excluding carboxylic acids is 1. The van der Waals surface area contributed by atoms with Gasteiger partial charge in [0.15, 0.2) is 0 Å². The molecule has 2 saturated heterocycles. The fraction of sp³-hybridized carbons (Fsp3) is 0.375. The number of likely N-dealkylation sites (N-methyl/N-ethyl adjacent to an activating group) is 1. The highest BCUT2D eigenvalue weighted by Crippen LogP contribution is 2.42. The third-order valence-corrected chi connectivity index (χ3v) is 8.67. The molecule has 0 saturated carbocycles. The maximum atomic E-state index is 13.5. The second kappa shape index (κ2) is 11.9. The van der Waals surface area contributed by atoms with Crippen LogP contribution >= 0.6 is 0 Å². The molecule has 2 aromatic carbocycles. The third kappa shape index (κ3) is 5.73. The standard InChI is InChI=1S/C32H32F3N7O3/c1-3-27(43)42-13-12-41(17-20(42)8-10-36)30-28-26(38-31(39-30)45-18-21-5-4-11-40(21)2)16-23(22-9-14-44-29(22)28)19-6-7-24(25(37)15-19)32(33,34)35/h3,6-7,9,14-16,20-21H,1,4-5,8,11-13,17-18,37H2,2H3/t20-,21-/m0/s1. The van der Waals surface area contributed by atoms with Crippen LogP contribution in [0.25, 0.3) is 33.0 Å². The minimum atomic E-state index is -4.58. The molecule has 0 unspecified atom stereocenters. The van der Waals surface area contributed by atoms with Crippen LogP contribution in [0.15, 0.2) is 53.7 Å². The van der Waals surface area contributed by atoms with Gasteiger partial charge in [-0.25, -0.2) is 0 Å². The number of fused-ring (bicyclic) bond motifs is 3. The summed E-state index contributed by atoms with van der Waals surface area (Å²) in [7, 11) is 2.04. The lowest BCUT2D eigenvalue weighted by Crippen LogP contribution is -2.55. The molecule has 13 heteroatoms. The number of rotatable bonds is 7. The van der Waals surface area contributed by atoms with Gasteiger partial charge in [-0.15, -0.1) is 0 Å². The van der Waals surface area contributed by atoms with Gasteiger partial charge < -0.3 is 29.6 Å². The number of halogens is 3. The van der Waals surface area contributed by atoms with E-state index in [0.29, 0.717) is 65.1 Å². The fourth-order valence-corrected chi connectivity index (χ4v) is 6.31. The molecule has 1 amide bonds. The number of amides is 1. The van der Waals surface area contributed by atoms with Crippen LogP contribution in [-0.2, 0) is 11.0 Å². The molecule has 0 aliphatic carbocycles. The van der Waals surface area contributed by atoms with E-state index in [1.807, 2.05) is 11.9 Å². The van der Waals surface area contributed by atoms with Crippen molar-refractivity contribution in [3.8, 4) is 23.2 Å². The number of nitriles is 1. The van der Waals surface area contributed by atoms with Crippen LogP contribution in [0.1, 0.15) is 24.8 Å². The number of alkyl halides is 3. The second-order valence-electron chi connectivity index (χ2n) is 11.4. The topological polar surface area (TPSA) is 125 Å². The van der Waals surface area contributed by atoms with Gasteiger partial charge in [-0.1, -0.05) is 12.6 Å². The molecule has 2 atom stereocenters. The summed E-state index contributed by atoms with van der Waals surface area (Å²) < 4.78 is 52.5. The average Bonchev–Trinajstić information content (AvgIpc) is 3.67. The van der Waals surface area contributed by atoms with Crippen LogP contribution in [0.4, 0.5) is 24.7 Å². The van der Waals surface area contributed by atoms with Crippen LogP contribution in [-0.4, -0.2) is 77.6 Å². The number of anilines is 2. The first-order chi connectivity index (χ1) is 21.6. The number of hydrogen-bond donors (Lipinski definition) is 1. The summed E-state index contributed by atoms with van der Waals surface area (Å²) in [6.07, 6.45) is 0.337. The zero-order chi connectivity index (χ0) is 31.9. The van der Waals surface area contributed by atoms with Gasteiger partial charge in [0.05, 0.1) is 41.3 Å². The Morgan fingerprint density at radius 1 is 1.22 bits per heavy atom. The number of furan rings is 1. The fourth-order valence-electron chi connectivity index (χ4n) is 6.31. The van der Waals surface area contributed by atoms with Crippen molar-refractivity contribution in [1.29, 1.82) is 5.26 Å². The highest BCUT2D eigenvalue weighted by molar-refractivity contribution is 6.14. The number of hydrogen-bond acceptors (Lipinski definition) is 9. The largest absolute Gasteiger partial charge is 0.463 e. The van der Waals surface area contributed by atoms with E-state index in [1.165, 1.54) is 24.5 Å². The Morgan fingerprint density at radius 3 is 2.73 bits per heavy atom. The number of aromatic nitrogens is 2. The van der Waals surface area contributed by atoms with Gasteiger partial charge in [0.25, 0.3) is 0 Å². The monoisotopic (exact) mass is 619 g/mol. The van der Waals surface area contributed by atoms with Gasteiger partial charge in [-0.3, -0.25) is 4.79 Å². The molecule has 10 nitrogen and oxygen atoms in total. The lowest BCUT2D eigenvalue weighted by molar-refractivity contribution is -0.137. The van der Waals surface area contributed by atoms with Crippen molar-refractivity contribution < 1.29 is 27.1 Å². The van der Waals surface area contributed by atoms with E-state index >= 15 is 0 Å². The molecular weight excluding hydrogens is 587 g/mol. The Labute approximate surface area is 257 Å². The van der Waals surface area contributed by atoms with Gasteiger partial charge in [0, 0.05) is 36.7 Å². The van der Waals surface area contributed by atoms with E-state index in [0.717, 1.165) is 25.5 Å². The number of likely N-dealkylation sites (tertiary alicyclic amines) is 1. The van der Waals surface area contributed by atoms with E-state index < -0.39 is 17.8 Å². The summed E-state index contributed by atoms with van der Waals surface area (Å²) in [4.78, 5) is 28.0. The van der Waals surface area contributed by atoms with E-state index in [9.17, 15) is 23.2 Å². The number of nitrogen functional groups attached to an aromatic ring is 1. The molecule has 0 spiro atoms. The lowest BCUT2D eigenvalue weighted by Gasteiger charge is -2.41. The van der Waals surface area contributed by atoms with Crippen LogP contribution in [0.3, 0.4) is 0 Å². The van der Waals surface area contributed by atoms with Crippen molar-refractivity contribution in [3.05, 3.63) is 54.8 Å². The van der Waals surface area contributed by atoms with Gasteiger partial charge >= 0.3 is 12.2 Å². The molecule has 2 N–H and O–H groups in total. The predicted molar refractivity (Wildman–Crippen MR) is 163 cm³/mol. The zero-order valence-electron chi connectivity index (χ0n) is 24.7. The number of piperazine rings is 1. The molecular formula is C32H32F3N7O3. The van der Waals surface area contributed by atoms with Crippen molar-refractivity contribution >= 4 is 39.3 Å². The highest BCUT2D eigenvalue weighted by atomic mass is 19.4. The Hall–Kier alpha value is -4.83. The quantitative estimate of drug-likeness (QED) is 0.219. The summed E-state index contributed by atoms with van der Waals surface area (Å²) in [5.41, 5.74) is 6.52. The van der Waals surface area contributed by atoms with Crippen LogP contribution in [0.5, 0.6) is 6.01 Å². The Bertz CT molecular complexity index is 1820. The second-order valence-corrected chi connectivity index (χ2v) is 11.4. The first-order valence-electron chi connectivity index (χ1n) is 14.7. The summed E-state index contributed by atoms with van der Waals surface area (Å²) in [6, 6.07) is 9.28. The van der Waals surface area contributed by atoms with Gasteiger partial charge in [-0.05, 0) is 67.9 Å². The lowest BCUT2D eigenvalue weighted by atomic mass is 9.97. The number of nitrogens with zero attached hydrogens (tertiary/aromatic N) is 6. The third-order valence-electron chi connectivity index (χ3n) is 8.67. The molecule has 2 aromatic heterocycles. The SMILES string of the molecule is C=CC(=O)N1CCN(c2nc(OC[C@@H]3CCCN3C)nc3cc(-c4ccc(C(F)(F)F)c(N)c4)c4ccoc4c23)C[C@@H]1CC#N. The Morgan fingerprint density at radius 2 is 2.04 bits per heavy atom. The minimum Gasteiger partial charge on any atom is -0.463 e. The first-order valence-corrected chi connectivity index (χ1v) is 14.7. The van der Waals surface area contributed by atoms with Crippen molar-refractivity contribution in [2.75, 3.05) is 50.5 Å². The summed E-state index contributed by atoms with van der Waals surface area (Å²) in [5.74, 6) is 0.267. The molecule has 2 aliphatic heterocycles. The maximum Gasteiger partial charge on any atom is 0.418 e. The predicted octanol–water partition coefficient (Wildman–Crippen LogP) is 5.23. The molecule has 4 aromatic rings. The summed E-state index contributed by atoms with van der Waals surface area (Å²) in [5, 5.41) is 10.8. The average molecular weight is 620 g/mol. The molecule has 45 heavy (non-hydrogen) atoms. The normalized spacial score (nSPS) is 19.3. The van der Waals surface area contributed by atoms with Gasteiger partial charge in [0.1, 0.15) is 18.0 Å². The summed E-state index contributed by atoms with van der Waals surface area (Å²) in [6.45, 7) is 6.03. The maximum absolute atomic E-state index is 13.5. The Balaban J connectivity index is 1.48. The van der Waals surface area contributed by atoms with Gasteiger partial charge in [0.2, 0.25) is 5.91 Å². The zero-order valence-corrected chi connectivity index (χ0v) is 24.7. The molecule has 4 heterocycles. The van der Waals surface area contributed by atoms with Crippen molar-refractivity contribution in [3.63, 3.8) is 0 Å². The molecule has 0 bridgehead atoms. The van der Waals surface area contributed by atoms with Crippen LogP contribution in [0.2, 0.25) is 0 Å². The van der Waals surface area contributed by atoms with Crippen LogP contribution < -0.4 is 15.4 Å². The smallest absolute Gasteiger partial charge is 0.418 e. The van der Waals surface area contributed by atoms with Gasteiger partial charge in [-0.2, -0.15) is 28.4 Å². The number of ether oxygens (including phenoxy) is 1. The van der Waals surface area contributed by atoms with E-state index in [4.69, 9.17) is 24.9 Å². The molecule has 234 valence electrons. The van der Waals surface area contributed by atoms with E-state index in [1.54, 1.807) is 17.0 Å². The highest BCUT2D eigenvalue weighted by Gasteiger charge is 2.34. The molecule has 2 fully saturated rings. The molecule has 6 rings (SSSR count). The number of nitrogens with two attached hydrogens (primary N) is 1. The summed E-state index contributed by atoms with van der Waals surface area (Å²) >= 11 is 0. The number of benzene rings is 2. The number of carbonyl (C=O) groups is 1. The molecule has 0 radical (unpaired) electrons. The van der Waals surface area contributed by atoms with E-state index in [2.05, 4.69) is 17.5 Å². The van der Waals surface area contributed by atoms with E-state index in [-0.39, 0.29) is 30.1 Å². The first kappa shape index (κ1) is 30.2. The van der Waals surface area contributed by atoms with Crippen LogP contribution in [0, 0.1) is 11.3 Å². The van der Waals surface area contributed by atoms with Crippen molar-refractivity contribution in [1.82, 2.24) is 19.8 Å². The van der Waals surface area contributed by atoms with Crippen molar-refractivity contribution in [2.45, 2.75) is 37.5 Å².